The van der Waals surface area contributed by atoms with E-state index in [1.165, 1.54) is 11.1 Å². The van der Waals surface area contributed by atoms with Gasteiger partial charge >= 0.3 is 0 Å². The van der Waals surface area contributed by atoms with Crippen molar-refractivity contribution in [1.29, 1.82) is 0 Å². The third-order valence-corrected chi connectivity index (χ3v) is 9.26. The molecule has 5 rings (SSSR count). The second kappa shape index (κ2) is 12.9. The van der Waals surface area contributed by atoms with Gasteiger partial charge in [0, 0.05) is 28.1 Å². The Bertz CT molecular complexity index is 1830. The van der Waals surface area contributed by atoms with Gasteiger partial charge in [0.25, 0.3) is 0 Å². The monoisotopic (exact) mass is 638 g/mol. The van der Waals surface area contributed by atoms with Crippen molar-refractivity contribution in [2.75, 3.05) is 0 Å². The van der Waals surface area contributed by atoms with Crippen LogP contribution in [0.1, 0.15) is 113 Å². The smallest absolute Gasteiger partial charge is 0.209 e. The highest BCUT2D eigenvalue weighted by Gasteiger charge is 2.24. The van der Waals surface area contributed by atoms with Crippen LogP contribution in [0.5, 0.6) is 0 Å². The van der Waals surface area contributed by atoms with Gasteiger partial charge in [0.2, 0.25) is 11.6 Å². The van der Waals surface area contributed by atoms with Crippen molar-refractivity contribution >= 4 is 19.6 Å². The SMILES string of the molecule is CC(C)(C)c1ccc(C(=O)c2ccc(C(c3ccc(C#C[Si](C)(C)C)cc3)c3ccc(C(=O)c4ccc(C(C)(C)C)cc4)[nH]3)[nH]2)cc1. The molecule has 2 N–H and O–H groups in total. The van der Waals surface area contributed by atoms with Gasteiger partial charge in [-0.3, -0.25) is 9.59 Å². The molecule has 0 saturated carbocycles. The van der Waals surface area contributed by atoms with Crippen molar-refractivity contribution < 1.29 is 9.59 Å². The fraction of sp³-hybridized carbons (Fsp3) is 0.286. The average Bonchev–Trinajstić information content (AvgIpc) is 3.70. The molecule has 0 radical (unpaired) electrons. The molecule has 0 unspecified atom stereocenters. The van der Waals surface area contributed by atoms with E-state index in [0.717, 1.165) is 22.5 Å². The normalized spacial score (nSPS) is 12.1. The number of hydrogen-bond donors (Lipinski definition) is 2. The van der Waals surface area contributed by atoms with Crippen molar-refractivity contribution in [3.63, 3.8) is 0 Å². The quantitative estimate of drug-likeness (QED) is 0.106. The number of rotatable bonds is 7. The van der Waals surface area contributed by atoms with E-state index >= 15 is 0 Å². The van der Waals surface area contributed by atoms with E-state index in [1.54, 1.807) is 0 Å². The molecule has 2 aromatic heterocycles. The van der Waals surface area contributed by atoms with E-state index in [9.17, 15) is 9.59 Å². The number of H-pyrrole nitrogens is 2. The lowest BCUT2D eigenvalue weighted by atomic mass is 9.86. The van der Waals surface area contributed by atoms with Crippen LogP contribution in [0, 0.1) is 11.5 Å². The van der Waals surface area contributed by atoms with Gasteiger partial charge in [0.15, 0.2) is 0 Å². The summed E-state index contributed by atoms with van der Waals surface area (Å²) in [6, 6.07) is 31.6. The number of nitrogens with one attached hydrogen (secondary N) is 2. The van der Waals surface area contributed by atoms with Gasteiger partial charge in [0.05, 0.1) is 17.3 Å². The molecule has 3 aromatic carbocycles. The van der Waals surface area contributed by atoms with Crippen LogP contribution in [-0.2, 0) is 10.8 Å². The lowest BCUT2D eigenvalue weighted by Crippen LogP contribution is -2.16. The van der Waals surface area contributed by atoms with Crippen LogP contribution in [0.4, 0.5) is 0 Å². The van der Waals surface area contributed by atoms with Crippen molar-refractivity contribution in [1.82, 2.24) is 9.97 Å². The molecule has 47 heavy (non-hydrogen) atoms. The molecule has 5 aromatic rings. The molecule has 0 saturated heterocycles. The van der Waals surface area contributed by atoms with Gasteiger partial charge in [0.1, 0.15) is 8.07 Å². The zero-order valence-electron chi connectivity index (χ0n) is 29.1. The van der Waals surface area contributed by atoms with Crippen LogP contribution < -0.4 is 0 Å². The molecule has 0 fully saturated rings. The van der Waals surface area contributed by atoms with Gasteiger partial charge in [-0.2, -0.15) is 0 Å². The van der Waals surface area contributed by atoms with E-state index < -0.39 is 8.07 Å². The van der Waals surface area contributed by atoms with Crippen LogP contribution in [0.25, 0.3) is 0 Å². The van der Waals surface area contributed by atoms with Crippen molar-refractivity contribution in [3.8, 4) is 11.5 Å². The first-order valence-corrected chi connectivity index (χ1v) is 19.8. The standard InChI is InChI=1S/C42H46N2O2Si/c1-41(2,3)32-18-14-30(15-19-32)39(45)36-24-22-34(43-36)38(29-12-10-28(11-13-29)26-27-47(7,8)9)35-23-25-37(44-35)40(46)31-16-20-33(21-17-31)42(4,5)6/h10-25,38,43-44H,1-9H3. The Labute approximate surface area is 281 Å². The predicted molar refractivity (Wildman–Crippen MR) is 196 cm³/mol. The highest BCUT2D eigenvalue weighted by molar-refractivity contribution is 6.83. The van der Waals surface area contributed by atoms with E-state index in [4.69, 9.17) is 0 Å². The summed E-state index contributed by atoms with van der Waals surface area (Å²) in [6.07, 6.45) is 0. The number of aromatic nitrogens is 2. The largest absolute Gasteiger partial charge is 0.355 e. The van der Waals surface area contributed by atoms with Crippen LogP contribution in [0.15, 0.2) is 97.1 Å². The first-order chi connectivity index (χ1) is 22.0. The molecule has 0 bridgehead atoms. The maximum absolute atomic E-state index is 13.6. The molecule has 4 nitrogen and oxygen atoms in total. The molecule has 0 aliphatic rings. The molecular weight excluding hydrogens is 593 g/mol. The third kappa shape index (κ3) is 8.01. The molecule has 2 heterocycles. The Morgan fingerprint density at radius 3 is 1.34 bits per heavy atom. The first kappa shape index (κ1) is 33.7. The van der Waals surface area contributed by atoms with Crippen molar-refractivity contribution in [2.45, 2.75) is 77.9 Å². The number of ketones is 2. The minimum absolute atomic E-state index is 0.0103. The van der Waals surface area contributed by atoms with Crippen molar-refractivity contribution in [2.24, 2.45) is 0 Å². The van der Waals surface area contributed by atoms with Gasteiger partial charge in [-0.05, 0) is 63.9 Å². The maximum atomic E-state index is 13.6. The summed E-state index contributed by atoms with van der Waals surface area (Å²) in [5.74, 6) is 2.95. The van der Waals surface area contributed by atoms with E-state index in [2.05, 4.69) is 94.7 Å². The maximum Gasteiger partial charge on any atom is 0.209 e. The summed E-state index contributed by atoms with van der Waals surface area (Å²) in [6.45, 7) is 19.7. The molecule has 0 aliphatic carbocycles. The minimum atomic E-state index is -1.51. The Kier molecular flexibility index (Phi) is 9.21. The fourth-order valence-corrected chi connectivity index (χ4v) is 6.04. The number of carbonyl (C=O) groups excluding carboxylic acids is 2. The Morgan fingerprint density at radius 1 is 0.574 bits per heavy atom. The third-order valence-electron chi connectivity index (χ3n) is 8.38. The van der Waals surface area contributed by atoms with Gasteiger partial charge in [-0.1, -0.05) is 128 Å². The molecule has 0 aliphatic heterocycles. The first-order valence-electron chi connectivity index (χ1n) is 16.3. The van der Waals surface area contributed by atoms with Gasteiger partial charge < -0.3 is 9.97 Å². The lowest BCUT2D eigenvalue weighted by molar-refractivity contribution is 0.102. The number of hydrogen-bond acceptors (Lipinski definition) is 2. The minimum Gasteiger partial charge on any atom is -0.355 e. The van der Waals surface area contributed by atoms with E-state index in [0.29, 0.717) is 22.5 Å². The molecule has 0 spiro atoms. The second-order valence-corrected chi connectivity index (χ2v) is 20.3. The number of carbonyl (C=O) groups is 2. The Morgan fingerprint density at radius 2 is 0.979 bits per heavy atom. The fourth-order valence-electron chi connectivity index (χ4n) is 5.53. The van der Waals surface area contributed by atoms with Crippen molar-refractivity contribution in [3.05, 3.63) is 153 Å². The Hall–Kier alpha value is -4.66. The summed E-state index contributed by atoms with van der Waals surface area (Å²) in [5.41, 5.74) is 11.8. The summed E-state index contributed by atoms with van der Waals surface area (Å²) < 4.78 is 0. The zero-order chi connectivity index (χ0) is 34.1. The highest BCUT2D eigenvalue weighted by atomic mass is 28.3. The van der Waals surface area contributed by atoms with Crippen LogP contribution in [-0.4, -0.2) is 29.6 Å². The topological polar surface area (TPSA) is 65.7 Å². The highest BCUT2D eigenvalue weighted by Crippen LogP contribution is 2.32. The molecule has 5 heteroatoms. The molecule has 0 atom stereocenters. The summed E-state index contributed by atoms with van der Waals surface area (Å²) in [4.78, 5) is 34.0. The van der Waals surface area contributed by atoms with E-state index in [-0.39, 0.29) is 28.3 Å². The zero-order valence-corrected chi connectivity index (χ0v) is 30.1. The summed E-state index contributed by atoms with van der Waals surface area (Å²) in [7, 11) is -1.51. The van der Waals surface area contributed by atoms with Crippen LogP contribution in [0.3, 0.4) is 0 Å². The Balaban J connectivity index is 1.49. The molecular formula is C42H46N2O2Si. The summed E-state index contributed by atoms with van der Waals surface area (Å²) in [5, 5.41) is 0. The van der Waals surface area contributed by atoms with Crippen LogP contribution >= 0.6 is 0 Å². The summed E-state index contributed by atoms with van der Waals surface area (Å²) >= 11 is 0. The average molecular weight is 639 g/mol. The van der Waals surface area contributed by atoms with E-state index in [1.807, 2.05) is 84.9 Å². The lowest BCUT2D eigenvalue weighted by Gasteiger charge is -2.19. The molecule has 240 valence electrons. The second-order valence-electron chi connectivity index (χ2n) is 15.5. The van der Waals surface area contributed by atoms with Crippen LogP contribution in [0.2, 0.25) is 19.6 Å². The molecule has 0 amide bonds. The van der Waals surface area contributed by atoms with Gasteiger partial charge in [-0.15, -0.1) is 5.54 Å². The van der Waals surface area contributed by atoms with Gasteiger partial charge in [-0.25, -0.2) is 0 Å². The predicted octanol–water partition coefficient (Wildman–Crippen LogP) is 9.81. The number of aromatic amines is 2. The number of benzene rings is 3.